The molecule has 25 heavy (non-hydrogen) atoms. The number of likely N-dealkylation sites (N-methyl/N-ethyl adjacent to an activating group) is 1. The van der Waals surface area contributed by atoms with Gasteiger partial charge in [0.25, 0.3) is 5.91 Å². The van der Waals surface area contributed by atoms with E-state index in [9.17, 15) is 9.90 Å². The summed E-state index contributed by atoms with van der Waals surface area (Å²) in [6, 6.07) is 0. The largest absolute Gasteiger partial charge is 0.391 e. The van der Waals surface area contributed by atoms with E-state index in [2.05, 4.69) is 25.1 Å². The Morgan fingerprint density at radius 1 is 1.40 bits per heavy atom. The van der Waals surface area contributed by atoms with Crippen LogP contribution in [0, 0.1) is 5.92 Å². The van der Waals surface area contributed by atoms with E-state index in [1.165, 1.54) is 0 Å². The summed E-state index contributed by atoms with van der Waals surface area (Å²) in [7, 11) is 2.04. The Hall–Kier alpha value is -2.32. The number of hydrogen-bond acceptors (Lipinski definition) is 6. The van der Waals surface area contributed by atoms with Crippen LogP contribution in [0.25, 0.3) is 0 Å². The van der Waals surface area contributed by atoms with Crippen LogP contribution in [0.2, 0.25) is 0 Å². The van der Waals surface area contributed by atoms with Gasteiger partial charge in [0.2, 0.25) is 0 Å². The van der Waals surface area contributed by atoms with Crippen molar-refractivity contribution in [3.8, 4) is 0 Å². The molecule has 2 aliphatic heterocycles. The summed E-state index contributed by atoms with van der Waals surface area (Å²) >= 11 is 0. The number of likely N-dealkylation sites (tertiary alicyclic amines) is 1. The highest BCUT2D eigenvalue weighted by Crippen LogP contribution is 2.25. The van der Waals surface area contributed by atoms with E-state index in [0.29, 0.717) is 25.2 Å². The first-order chi connectivity index (χ1) is 12.1. The molecule has 1 saturated heterocycles. The van der Waals surface area contributed by atoms with Crippen LogP contribution < -0.4 is 0 Å². The number of hydrogen-bond donors (Lipinski definition) is 2. The molecule has 0 bridgehead atoms. The molecular weight excluding hydrogens is 320 g/mol. The first-order valence-corrected chi connectivity index (χ1v) is 8.58. The number of nitrogens with zero attached hydrogens (tertiary/aromatic N) is 5. The first-order valence-electron chi connectivity index (χ1n) is 8.58. The average Bonchev–Trinajstić information content (AvgIpc) is 3.19. The number of H-pyrrole nitrogens is 1. The van der Waals surface area contributed by atoms with Crippen molar-refractivity contribution < 1.29 is 9.90 Å². The lowest BCUT2D eigenvalue weighted by molar-refractivity contribution is 0.0756. The number of amides is 1. The molecule has 4 rings (SSSR count). The normalized spacial score (nSPS) is 23.7. The van der Waals surface area contributed by atoms with E-state index in [-0.39, 0.29) is 11.8 Å². The summed E-state index contributed by atoms with van der Waals surface area (Å²) in [6.07, 6.45) is 5.92. The zero-order valence-electron chi connectivity index (χ0n) is 14.2. The van der Waals surface area contributed by atoms with Crippen LogP contribution in [0.15, 0.2) is 18.6 Å². The number of β-amino-alcohol motifs (C(OH)–C–C–N with tert-alkyl or cyclic N) is 1. The zero-order valence-corrected chi connectivity index (χ0v) is 14.2. The fourth-order valence-corrected chi connectivity index (χ4v) is 3.68. The van der Waals surface area contributed by atoms with Gasteiger partial charge in [0.1, 0.15) is 0 Å². The topological polar surface area (TPSA) is 98.2 Å². The minimum atomic E-state index is -0.552. The second-order valence-electron chi connectivity index (χ2n) is 6.96. The predicted molar refractivity (Wildman–Crippen MR) is 89.8 cm³/mol. The third kappa shape index (κ3) is 3.14. The van der Waals surface area contributed by atoms with E-state index < -0.39 is 6.10 Å². The lowest BCUT2D eigenvalue weighted by Crippen LogP contribution is -2.32. The molecule has 0 saturated carbocycles. The maximum atomic E-state index is 12.9. The number of aliphatic hydroxyl groups is 1. The van der Waals surface area contributed by atoms with Crippen molar-refractivity contribution in [3.05, 3.63) is 41.2 Å². The van der Waals surface area contributed by atoms with Crippen molar-refractivity contribution in [1.29, 1.82) is 0 Å². The van der Waals surface area contributed by atoms with Crippen LogP contribution in [0.5, 0.6) is 0 Å². The maximum absolute atomic E-state index is 12.9. The van der Waals surface area contributed by atoms with Crippen molar-refractivity contribution in [3.63, 3.8) is 0 Å². The number of carbonyl (C=O) groups excluding carboxylic acids is 1. The molecule has 0 spiro atoms. The van der Waals surface area contributed by atoms with Crippen molar-refractivity contribution >= 4 is 5.91 Å². The van der Waals surface area contributed by atoms with E-state index in [4.69, 9.17) is 0 Å². The summed E-state index contributed by atoms with van der Waals surface area (Å²) in [5.74, 6) is -0.133. The maximum Gasteiger partial charge on any atom is 0.274 e. The molecule has 0 aliphatic carbocycles. The predicted octanol–water partition coefficient (Wildman–Crippen LogP) is -0.137. The van der Waals surface area contributed by atoms with E-state index in [0.717, 1.165) is 36.5 Å². The minimum Gasteiger partial charge on any atom is -0.391 e. The summed E-state index contributed by atoms with van der Waals surface area (Å²) in [4.78, 5) is 25.1. The molecule has 0 radical (unpaired) electrons. The number of rotatable bonds is 3. The molecule has 0 aromatic carbocycles. The molecule has 1 fully saturated rings. The molecule has 2 aromatic heterocycles. The minimum absolute atomic E-state index is 0.0295. The number of nitrogens with one attached hydrogen (secondary N) is 1. The van der Waals surface area contributed by atoms with Gasteiger partial charge in [-0.05, 0) is 13.5 Å². The second-order valence-corrected chi connectivity index (χ2v) is 6.96. The number of fused-ring (bicyclic) bond motifs is 1. The highest BCUT2D eigenvalue weighted by Gasteiger charge is 2.36. The first kappa shape index (κ1) is 16.2. The van der Waals surface area contributed by atoms with Crippen molar-refractivity contribution in [1.82, 2.24) is 30.0 Å². The molecule has 2 atom stereocenters. The van der Waals surface area contributed by atoms with E-state index in [1.54, 1.807) is 23.5 Å². The van der Waals surface area contributed by atoms with E-state index >= 15 is 0 Å². The summed E-state index contributed by atoms with van der Waals surface area (Å²) in [6.45, 7) is 2.53. The Morgan fingerprint density at radius 2 is 2.28 bits per heavy atom. The van der Waals surface area contributed by atoms with Crippen LogP contribution in [0.1, 0.15) is 27.4 Å². The van der Waals surface area contributed by atoms with Crippen LogP contribution in [-0.2, 0) is 19.4 Å². The monoisotopic (exact) mass is 342 g/mol. The molecule has 0 unspecified atom stereocenters. The number of aromatic amines is 1. The van der Waals surface area contributed by atoms with Gasteiger partial charge >= 0.3 is 0 Å². The summed E-state index contributed by atoms with van der Waals surface area (Å²) in [5, 5.41) is 17.6. The Morgan fingerprint density at radius 3 is 3.08 bits per heavy atom. The van der Waals surface area contributed by atoms with Gasteiger partial charge in [-0.15, -0.1) is 0 Å². The SMILES string of the molecule is CN1CCc2[nH]nc(C(=O)N3C[C@@H](Cc4cnccn4)[C@H](O)C3)c2C1. The standard InChI is InChI=1S/C17H22N6O2/c1-22-5-2-14-13(9-22)16(21-20-14)17(25)23-8-11(15(24)10-23)6-12-7-18-3-4-19-12/h3-4,7,11,15,24H,2,5-6,8-10H2,1H3,(H,20,21)/t11-,15-/m1/s1. The Balaban J connectivity index is 1.48. The quantitative estimate of drug-likeness (QED) is 0.806. The van der Waals surface area contributed by atoms with E-state index in [1.807, 2.05) is 7.05 Å². The summed E-state index contributed by atoms with van der Waals surface area (Å²) in [5.41, 5.74) is 3.37. The molecule has 132 valence electrons. The third-order valence-electron chi connectivity index (χ3n) is 5.11. The van der Waals surface area contributed by atoms with Gasteiger partial charge in [0, 0.05) is 68.4 Å². The lowest BCUT2D eigenvalue weighted by Gasteiger charge is -2.23. The number of carbonyl (C=O) groups is 1. The van der Waals surface area contributed by atoms with Gasteiger partial charge in [-0.3, -0.25) is 19.9 Å². The summed E-state index contributed by atoms with van der Waals surface area (Å²) < 4.78 is 0. The van der Waals surface area contributed by atoms with Gasteiger partial charge in [0.05, 0.1) is 11.8 Å². The van der Waals surface area contributed by atoms with Crippen LogP contribution in [0.3, 0.4) is 0 Å². The fraction of sp³-hybridized carbons (Fsp3) is 0.529. The van der Waals surface area contributed by atoms with Crippen molar-refractivity contribution in [2.75, 3.05) is 26.7 Å². The highest BCUT2D eigenvalue weighted by molar-refractivity contribution is 5.94. The van der Waals surface area contributed by atoms with Crippen molar-refractivity contribution in [2.24, 2.45) is 5.92 Å². The van der Waals surface area contributed by atoms with Gasteiger partial charge in [-0.25, -0.2) is 0 Å². The van der Waals surface area contributed by atoms with Gasteiger partial charge < -0.3 is 14.9 Å². The van der Waals surface area contributed by atoms with Crippen molar-refractivity contribution in [2.45, 2.75) is 25.5 Å². The highest BCUT2D eigenvalue weighted by atomic mass is 16.3. The van der Waals surface area contributed by atoms with Crippen LogP contribution >= 0.6 is 0 Å². The Labute approximate surface area is 145 Å². The van der Waals surface area contributed by atoms with Gasteiger partial charge in [-0.2, -0.15) is 5.10 Å². The zero-order chi connectivity index (χ0) is 17.4. The van der Waals surface area contributed by atoms with Gasteiger partial charge in [-0.1, -0.05) is 0 Å². The van der Waals surface area contributed by atoms with Crippen LogP contribution in [-0.4, -0.2) is 73.8 Å². The molecule has 2 aliphatic rings. The van der Waals surface area contributed by atoms with Gasteiger partial charge in [0.15, 0.2) is 5.69 Å². The smallest absolute Gasteiger partial charge is 0.274 e. The Kier molecular flexibility index (Phi) is 4.22. The molecule has 2 aromatic rings. The number of aromatic nitrogens is 4. The Bertz CT molecular complexity index is 762. The lowest BCUT2D eigenvalue weighted by atomic mass is 10.0. The average molecular weight is 342 g/mol. The fourth-order valence-electron chi connectivity index (χ4n) is 3.68. The number of aliphatic hydroxyl groups excluding tert-OH is 1. The molecule has 8 heteroatoms. The van der Waals surface area contributed by atoms with Crippen LogP contribution in [0.4, 0.5) is 0 Å². The molecular formula is C17H22N6O2. The molecule has 1 amide bonds. The molecule has 2 N–H and O–H groups in total. The molecule has 8 nitrogen and oxygen atoms in total. The molecule has 4 heterocycles. The third-order valence-corrected chi connectivity index (χ3v) is 5.11. The second kappa shape index (κ2) is 6.53.